The molecule has 27 heavy (non-hydrogen) atoms. The number of carbonyl (C=O) groups excluding carboxylic acids is 1. The summed E-state index contributed by atoms with van der Waals surface area (Å²) in [6.45, 7) is 0.795. The van der Waals surface area contributed by atoms with Crippen molar-refractivity contribution < 1.29 is 24.1 Å². The minimum absolute atomic E-state index is 0.120. The molecule has 8 nitrogen and oxygen atoms in total. The van der Waals surface area contributed by atoms with Crippen LogP contribution in [0.5, 0.6) is 11.5 Å². The van der Waals surface area contributed by atoms with Crippen molar-refractivity contribution >= 4 is 28.9 Å². The Labute approximate surface area is 161 Å². The fraction of sp³-hybridized carbons (Fsp3) is 0.278. The number of halogens is 1. The Morgan fingerprint density at radius 1 is 1.19 bits per heavy atom. The van der Waals surface area contributed by atoms with E-state index in [4.69, 9.17) is 21.1 Å². The zero-order valence-corrected chi connectivity index (χ0v) is 16.0. The van der Waals surface area contributed by atoms with Crippen molar-refractivity contribution in [2.75, 3.05) is 33.1 Å². The number of nitrogens with zero attached hydrogens (tertiary/aromatic N) is 1. The van der Waals surface area contributed by atoms with Crippen LogP contribution in [-0.4, -0.2) is 38.6 Å². The van der Waals surface area contributed by atoms with Crippen molar-refractivity contribution in [3.8, 4) is 11.5 Å². The average Bonchev–Trinajstić information content (AvgIpc) is 2.62. The predicted molar refractivity (Wildman–Crippen MR) is 102 cm³/mol. The molecule has 0 spiro atoms. The molecule has 0 saturated carbocycles. The fourth-order valence-electron chi connectivity index (χ4n) is 2.59. The van der Waals surface area contributed by atoms with Gasteiger partial charge in [-0.05, 0) is 24.3 Å². The van der Waals surface area contributed by atoms with E-state index in [9.17, 15) is 14.9 Å². The first kappa shape index (κ1) is 20.5. The Hall–Kier alpha value is -2.84. The van der Waals surface area contributed by atoms with Crippen molar-refractivity contribution in [3.63, 3.8) is 0 Å². The topological polar surface area (TPSA) is 95.1 Å². The number of likely N-dealkylation sites (N-methyl/N-ethyl adjacent to an activating group) is 1. The second kappa shape index (κ2) is 9.20. The summed E-state index contributed by atoms with van der Waals surface area (Å²) in [4.78, 5) is 23.4. The highest BCUT2D eigenvalue weighted by Crippen LogP contribution is 2.27. The molecule has 9 heteroatoms. The highest BCUT2D eigenvalue weighted by molar-refractivity contribution is 6.33. The first-order chi connectivity index (χ1) is 12.8. The summed E-state index contributed by atoms with van der Waals surface area (Å²) < 4.78 is 10.5. The Bertz CT molecular complexity index is 844. The minimum Gasteiger partial charge on any atom is -0.493 e. The standard InChI is InChI=1S/C18H20ClN3O5/c1-21(10-12-4-7-16(26-2)17(8-12)27-3)11-18(23)20-15-6-5-13(22(24)25)9-14(15)19/h4-9H,10-11H2,1-3H3,(H,20,23)/p+1. The first-order valence-corrected chi connectivity index (χ1v) is 8.47. The monoisotopic (exact) mass is 394 g/mol. The molecule has 0 aliphatic rings. The van der Waals surface area contributed by atoms with Gasteiger partial charge in [-0.25, -0.2) is 0 Å². The van der Waals surface area contributed by atoms with E-state index in [0.29, 0.717) is 23.7 Å². The second-order valence-corrected chi connectivity index (χ2v) is 6.38. The number of ether oxygens (including phenoxy) is 2. The molecule has 2 aromatic carbocycles. The molecule has 0 aromatic heterocycles. The first-order valence-electron chi connectivity index (χ1n) is 8.10. The number of quaternary nitrogens is 1. The highest BCUT2D eigenvalue weighted by Gasteiger charge is 2.15. The summed E-state index contributed by atoms with van der Waals surface area (Å²) >= 11 is 5.99. The second-order valence-electron chi connectivity index (χ2n) is 5.97. The molecule has 0 radical (unpaired) electrons. The number of anilines is 1. The van der Waals surface area contributed by atoms with Crippen LogP contribution in [0.2, 0.25) is 5.02 Å². The SMILES string of the molecule is COc1ccc(C[NH+](C)CC(=O)Nc2ccc([N+](=O)[O-])cc2Cl)cc1OC. The number of nitro groups is 1. The average molecular weight is 395 g/mol. The van der Waals surface area contributed by atoms with Crippen LogP contribution in [0.1, 0.15) is 5.56 Å². The minimum atomic E-state index is -0.543. The van der Waals surface area contributed by atoms with Gasteiger partial charge in [-0.2, -0.15) is 0 Å². The molecule has 1 atom stereocenters. The maximum absolute atomic E-state index is 12.2. The van der Waals surface area contributed by atoms with Gasteiger partial charge in [0.1, 0.15) is 6.54 Å². The molecule has 2 N–H and O–H groups in total. The van der Waals surface area contributed by atoms with E-state index in [0.717, 1.165) is 10.5 Å². The number of nitro benzene ring substituents is 1. The summed E-state index contributed by atoms with van der Waals surface area (Å²) in [5.74, 6) is 1.03. The molecule has 0 bridgehead atoms. The van der Waals surface area contributed by atoms with E-state index in [1.807, 2.05) is 25.2 Å². The number of non-ortho nitro benzene ring substituents is 1. The molecular formula is C18H21ClN3O5+. The Balaban J connectivity index is 1.97. The lowest BCUT2D eigenvalue weighted by atomic mass is 10.2. The highest BCUT2D eigenvalue weighted by atomic mass is 35.5. The van der Waals surface area contributed by atoms with Crippen LogP contribution in [0.3, 0.4) is 0 Å². The van der Waals surface area contributed by atoms with Crippen LogP contribution < -0.4 is 19.7 Å². The van der Waals surface area contributed by atoms with Gasteiger partial charge in [-0.15, -0.1) is 0 Å². The Kier molecular flexibility index (Phi) is 6.98. The summed E-state index contributed by atoms with van der Waals surface area (Å²) in [6, 6.07) is 9.52. The van der Waals surface area contributed by atoms with Crippen molar-refractivity contribution in [2.24, 2.45) is 0 Å². The van der Waals surface area contributed by atoms with Gasteiger partial charge in [0.25, 0.3) is 11.6 Å². The lowest BCUT2D eigenvalue weighted by molar-refractivity contribution is -0.885. The third-order valence-corrected chi connectivity index (χ3v) is 4.17. The number of amides is 1. The summed E-state index contributed by atoms with van der Waals surface area (Å²) in [6.07, 6.45) is 0. The van der Waals surface area contributed by atoms with Gasteiger partial charge in [0.2, 0.25) is 0 Å². The van der Waals surface area contributed by atoms with Crippen molar-refractivity contribution in [1.82, 2.24) is 0 Å². The zero-order chi connectivity index (χ0) is 20.0. The van der Waals surface area contributed by atoms with Crippen molar-refractivity contribution in [2.45, 2.75) is 6.54 Å². The number of rotatable bonds is 8. The third kappa shape index (κ3) is 5.57. The molecule has 0 aliphatic carbocycles. The molecule has 1 unspecified atom stereocenters. The van der Waals surface area contributed by atoms with Crippen molar-refractivity contribution in [3.05, 3.63) is 57.1 Å². The van der Waals surface area contributed by atoms with Gasteiger partial charge < -0.3 is 19.7 Å². The molecule has 0 saturated heterocycles. The predicted octanol–water partition coefficient (Wildman–Crippen LogP) is 1.92. The maximum atomic E-state index is 12.2. The molecule has 0 fully saturated rings. The number of nitrogens with one attached hydrogen (secondary N) is 2. The summed E-state index contributed by atoms with van der Waals surface area (Å²) in [5, 5.41) is 13.5. The lowest BCUT2D eigenvalue weighted by Gasteiger charge is -2.15. The molecule has 0 aliphatic heterocycles. The smallest absolute Gasteiger partial charge is 0.279 e. The van der Waals surface area contributed by atoms with Gasteiger partial charge in [0, 0.05) is 17.7 Å². The van der Waals surface area contributed by atoms with Crippen LogP contribution >= 0.6 is 11.6 Å². The summed E-state index contributed by atoms with van der Waals surface area (Å²) in [7, 11) is 5.02. The quantitative estimate of drug-likeness (QED) is 0.527. The zero-order valence-electron chi connectivity index (χ0n) is 15.2. The van der Waals surface area contributed by atoms with E-state index >= 15 is 0 Å². The van der Waals surface area contributed by atoms with Gasteiger partial charge in [0.05, 0.1) is 36.9 Å². The van der Waals surface area contributed by atoms with Crippen LogP contribution in [0.25, 0.3) is 0 Å². The largest absolute Gasteiger partial charge is 0.493 e. The molecule has 1 amide bonds. The van der Waals surface area contributed by atoms with Crippen LogP contribution in [-0.2, 0) is 11.3 Å². The van der Waals surface area contributed by atoms with Crippen LogP contribution in [0, 0.1) is 10.1 Å². The molecular weight excluding hydrogens is 374 g/mol. The van der Waals surface area contributed by atoms with Gasteiger partial charge >= 0.3 is 0 Å². The molecule has 2 aromatic rings. The van der Waals surface area contributed by atoms with Gasteiger partial charge in [-0.1, -0.05) is 11.6 Å². The van der Waals surface area contributed by atoms with Gasteiger partial charge in [-0.3, -0.25) is 14.9 Å². The number of methoxy groups -OCH3 is 2. The van der Waals surface area contributed by atoms with E-state index in [-0.39, 0.29) is 23.2 Å². The lowest BCUT2D eigenvalue weighted by Crippen LogP contribution is -3.08. The summed E-state index contributed by atoms with van der Waals surface area (Å²) in [5.41, 5.74) is 1.20. The number of benzene rings is 2. The van der Waals surface area contributed by atoms with E-state index in [1.54, 1.807) is 14.2 Å². The Morgan fingerprint density at radius 2 is 1.89 bits per heavy atom. The van der Waals surface area contributed by atoms with Gasteiger partial charge in [0.15, 0.2) is 18.0 Å². The van der Waals surface area contributed by atoms with E-state index in [1.165, 1.54) is 18.2 Å². The number of carbonyl (C=O) groups is 1. The van der Waals surface area contributed by atoms with Crippen LogP contribution in [0.4, 0.5) is 11.4 Å². The normalized spacial score (nSPS) is 11.6. The fourth-order valence-corrected chi connectivity index (χ4v) is 2.81. The maximum Gasteiger partial charge on any atom is 0.279 e. The molecule has 0 heterocycles. The number of hydrogen-bond acceptors (Lipinski definition) is 5. The van der Waals surface area contributed by atoms with Crippen LogP contribution in [0.15, 0.2) is 36.4 Å². The number of hydrogen-bond donors (Lipinski definition) is 2. The third-order valence-electron chi connectivity index (χ3n) is 3.85. The van der Waals surface area contributed by atoms with E-state index < -0.39 is 4.92 Å². The van der Waals surface area contributed by atoms with E-state index in [2.05, 4.69) is 5.32 Å². The molecule has 2 rings (SSSR count). The molecule has 144 valence electrons. The Morgan fingerprint density at radius 3 is 2.48 bits per heavy atom. The van der Waals surface area contributed by atoms with Crippen molar-refractivity contribution in [1.29, 1.82) is 0 Å².